The van der Waals surface area contributed by atoms with Crippen LogP contribution in [0.4, 0.5) is 5.69 Å². The predicted octanol–water partition coefficient (Wildman–Crippen LogP) is 3.48. The third-order valence-corrected chi connectivity index (χ3v) is 4.05. The summed E-state index contributed by atoms with van der Waals surface area (Å²) < 4.78 is 0. The van der Waals surface area contributed by atoms with Gasteiger partial charge in [0.15, 0.2) is 0 Å². The summed E-state index contributed by atoms with van der Waals surface area (Å²) in [5.74, 6) is 0.819. The molecule has 3 aromatic rings. The number of nitrogens with zero attached hydrogens (tertiary/aromatic N) is 1. The minimum Gasteiger partial charge on any atom is -0.388 e. The van der Waals surface area contributed by atoms with E-state index >= 15 is 0 Å². The number of rotatable bonds is 5. The number of hydrogen-bond donors (Lipinski definition) is 3. The zero-order chi connectivity index (χ0) is 18.2. The summed E-state index contributed by atoms with van der Waals surface area (Å²) in [6.07, 6.45) is 2.62. The van der Waals surface area contributed by atoms with E-state index in [1.54, 1.807) is 0 Å². The Labute approximate surface area is 148 Å². The molecule has 0 saturated heterocycles. The second-order valence-corrected chi connectivity index (χ2v) is 5.76. The topological polar surface area (TPSA) is 83.8 Å². The lowest BCUT2D eigenvalue weighted by Gasteiger charge is -2.09. The number of carbonyl (C=O) groups excluding carboxylic acids is 1. The van der Waals surface area contributed by atoms with Crippen LogP contribution in [0.2, 0.25) is 0 Å². The first kappa shape index (κ1) is 18.4. The number of hydrogen-bond acceptors (Lipinski definition) is 4. The first-order valence-electron chi connectivity index (χ1n) is 8.09. The van der Waals surface area contributed by atoms with Gasteiger partial charge in [-0.05, 0) is 42.2 Å². The third-order valence-electron chi connectivity index (χ3n) is 4.05. The number of imidazole rings is 1. The zero-order valence-corrected chi connectivity index (χ0v) is 14.6. The van der Waals surface area contributed by atoms with Crippen molar-refractivity contribution in [2.45, 2.75) is 19.4 Å². The fourth-order valence-corrected chi connectivity index (χ4v) is 2.75. The molecule has 25 heavy (non-hydrogen) atoms. The van der Waals surface area contributed by atoms with E-state index in [-0.39, 0.29) is 6.04 Å². The van der Waals surface area contributed by atoms with Crippen molar-refractivity contribution < 1.29 is 4.79 Å². The molecule has 0 aliphatic carbocycles. The Morgan fingerprint density at radius 3 is 2.56 bits per heavy atom. The molecule has 0 spiro atoms. The summed E-state index contributed by atoms with van der Waals surface area (Å²) in [4.78, 5) is 15.8. The molecule has 5 nitrogen and oxygen atoms in total. The minimum atomic E-state index is -0.135. The predicted molar refractivity (Wildman–Crippen MR) is 103 cm³/mol. The van der Waals surface area contributed by atoms with Gasteiger partial charge in [-0.2, -0.15) is 0 Å². The Kier molecular flexibility index (Phi) is 6.48. The third kappa shape index (κ3) is 4.55. The maximum Gasteiger partial charge on any atom is 0.123 e. The van der Waals surface area contributed by atoms with Crippen molar-refractivity contribution >= 4 is 12.5 Å². The second kappa shape index (κ2) is 8.80. The summed E-state index contributed by atoms with van der Waals surface area (Å²) in [5.41, 5.74) is 12.0. The largest absolute Gasteiger partial charge is 0.388 e. The Morgan fingerprint density at radius 1 is 1.20 bits per heavy atom. The van der Waals surface area contributed by atoms with Gasteiger partial charge in [-0.15, -0.1) is 0 Å². The van der Waals surface area contributed by atoms with Crippen molar-refractivity contribution in [2.75, 3.05) is 12.4 Å². The van der Waals surface area contributed by atoms with Gasteiger partial charge in [-0.25, -0.2) is 4.98 Å². The maximum atomic E-state index is 8.00. The van der Waals surface area contributed by atoms with Gasteiger partial charge < -0.3 is 20.8 Å². The normalized spacial score (nSPS) is 11.3. The van der Waals surface area contributed by atoms with Gasteiger partial charge in [0.25, 0.3) is 0 Å². The van der Waals surface area contributed by atoms with Crippen molar-refractivity contribution in [3.63, 3.8) is 0 Å². The molecule has 0 aliphatic heterocycles. The van der Waals surface area contributed by atoms with Gasteiger partial charge in [0.05, 0.1) is 17.9 Å². The smallest absolute Gasteiger partial charge is 0.123 e. The van der Waals surface area contributed by atoms with Crippen LogP contribution in [0.1, 0.15) is 23.0 Å². The van der Waals surface area contributed by atoms with E-state index in [0.29, 0.717) is 0 Å². The first-order valence-corrected chi connectivity index (χ1v) is 8.09. The van der Waals surface area contributed by atoms with E-state index in [4.69, 9.17) is 10.5 Å². The van der Waals surface area contributed by atoms with Crippen molar-refractivity contribution in [1.29, 1.82) is 0 Å². The molecule has 5 heteroatoms. The number of aromatic amines is 1. The van der Waals surface area contributed by atoms with E-state index in [0.717, 1.165) is 29.2 Å². The summed E-state index contributed by atoms with van der Waals surface area (Å²) in [6, 6.07) is 16.4. The lowest BCUT2D eigenvalue weighted by atomic mass is 10.1. The van der Waals surface area contributed by atoms with E-state index < -0.39 is 0 Å². The Bertz CT molecular complexity index is 798. The lowest BCUT2D eigenvalue weighted by Crippen LogP contribution is -2.14. The van der Waals surface area contributed by atoms with Crippen molar-refractivity contribution in [3.8, 4) is 11.3 Å². The number of aromatic nitrogens is 2. The molecule has 0 unspecified atom stereocenters. The number of H-pyrrole nitrogens is 1. The summed E-state index contributed by atoms with van der Waals surface area (Å²) in [7, 11) is 1.93. The Morgan fingerprint density at radius 2 is 1.92 bits per heavy atom. The van der Waals surface area contributed by atoms with Crippen LogP contribution in [0.15, 0.2) is 54.7 Å². The highest BCUT2D eigenvalue weighted by molar-refractivity contribution is 5.65. The van der Waals surface area contributed by atoms with Crippen LogP contribution in [-0.2, 0) is 11.2 Å². The fourth-order valence-electron chi connectivity index (χ4n) is 2.75. The van der Waals surface area contributed by atoms with E-state index in [1.807, 2.05) is 38.2 Å². The fraction of sp³-hybridized carbons (Fsp3) is 0.200. The standard InChI is InChI=1S/C19H22N4.CH2O/c1-13-10-15(8-9-17(13)21-2)18-12-22-19(23-18)16(20)11-14-6-4-3-5-7-14;1-2/h3-10,12,16,21H,11,20H2,1-2H3,(H,22,23);1H2/t16-;/m0./s1. The lowest BCUT2D eigenvalue weighted by molar-refractivity contribution is -0.0979. The average Bonchev–Trinajstić information content (AvgIpc) is 3.14. The molecule has 0 aliphatic rings. The molecule has 0 fully saturated rings. The number of carbonyl (C=O) groups is 1. The minimum absolute atomic E-state index is 0.135. The molecule has 0 radical (unpaired) electrons. The van der Waals surface area contributed by atoms with Gasteiger partial charge in [0.1, 0.15) is 12.6 Å². The summed E-state index contributed by atoms with van der Waals surface area (Å²) in [6.45, 7) is 4.09. The molecule has 1 atom stereocenters. The maximum absolute atomic E-state index is 8.00. The monoisotopic (exact) mass is 336 g/mol. The molecule has 0 bridgehead atoms. The second-order valence-electron chi connectivity index (χ2n) is 5.76. The van der Waals surface area contributed by atoms with Crippen molar-refractivity contribution in [2.24, 2.45) is 5.73 Å². The molecular weight excluding hydrogens is 312 g/mol. The van der Waals surface area contributed by atoms with Gasteiger partial charge >= 0.3 is 0 Å². The molecule has 4 N–H and O–H groups in total. The number of nitrogens with two attached hydrogens (primary N) is 1. The van der Waals surface area contributed by atoms with E-state index in [2.05, 4.69) is 52.5 Å². The van der Waals surface area contributed by atoms with Gasteiger partial charge in [-0.1, -0.05) is 36.4 Å². The van der Waals surface area contributed by atoms with Gasteiger partial charge in [-0.3, -0.25) is 0 Å². The molecule has 1 aromatic heterocycles. The zero-order valence-electron chi connectivity index (χ0n) is 14.6. The SMILES string of the molecule is C=O.CNc1ccc(-c2cnc([C@@H](N)Cc3ccccc3)[nH]2)cc1C. The van der Waals surface area contributed by atoms with Crippen LogP contribution in [0.3, 0.4) is 0 Å². The molecule has 3 rings (SSSR count). The highest BCUT2D eigenvalue weighted by Crippen LogP contribution is 2.24. The van der Waals surface area contributed by atoms with Crippen LogP contribution < -0.4 is 11.1 Å². The molecule has 0 amide bonds. The quantitative estimate of drug-likeness (QED) is 0.666. The van der Waals surface area contributed by atoms with Gasteiger partial charge in [0.2, 0.25) is 0 Å². The van der Waals surface area contributed by atoms with Crippen LogP contribution in [0.25, 0.3) is 11.3 Å². The van der Waals surface area contributed by atoms with E-state index in [1.165, 1.54) is 11.1 Å². The molecule has 2 aromatic carbocycles. The van der Waals surface area contributed by atoms with Crippen LogP contribution in [-0.4, -0.2) is 23.8 Å². The van der Waals surface area contributed by atoms with Gasteiger partial charge in [0, 0.05) is 12.7 Å². The van der Waals surface area contributed by atoms with Crippen molar-refractivity contribution in [3.05, 3.63) is 71.7 Å². The summed E-state index contributed by atoms with van der Waals surface area (Å²) >= 11 is 0. The van der Waals surface area contributed by atoms with Crippen LogP contribution in [0, 0.1) is 6.92 Å². The molecular formula is C20H24N4O. The van der Waals surface area contributed by atoms with Crippen LogP contribution >= 0.6 is 0 Å². The summed E-state index contributed by atoms with van der Waals surface area (Å²) in [5, 5.41) is 3.18. The number of nitrogens with one attached hydrogen (secondary N) is 2. The first-order chi connectivity index (χ1) is 12.2. The van der Waals surface area contributed by atoms with Crippen molar-refractivity contribution in [1.82, 2.24) is 9.97 Å². The van der Waals surface area contributed by atoms with Crippen LogP contribution in [0.5, 0.6) is 0 Å². The molecule has 130 valence electrons. The highest BCUT2D eigenvalue weighted by atomic mass is 16.1. The average molecular weight is 336 g/mol. The number of anilines is 1. The number of benzene rings is 2. The number of aryl methyl sites for hydroxylation is 1. The molecule has 1 heterocycles. The Balaban J connectivity index is 0.00000109. The molecule has 0 saturated carbocycles. The Hall–Kier alpha value is -2.92. The highest BCUT2D eigenvalue weighted by Gasteiger charge is 2.12. The van der Waals surface area contributed by atoms with E-state index in [9.17, 15) is 0 Å².